The molecular weight excluding hydrogens is 454 g/mol. The first-order chi connectivity index (χ1) is 12.9. The van der Waals surface area contributed by atoms with Gasteiger partial charge in [-0.3, -0.25) is 14.5 Å². The number of amides is 1. The van der Waals surface area contributed by atoms with Gasteiger partial charge in [0.05, 0.1) is 15.8 Å². The zero-order valence-electron chi connectivity index (χ0n) is 14.7. The molecular formula is C17H20BrN3O4S2. The molecule has 1 aromatic heterocycles. The van der Waals surface area contributed by atoms with E-state index >= 15 is 0 Å². The number of thiophene rings is 1. The number of hydrogen-bond donors (Lipinski definition) is 1. The van der Waals surface area contributed by atoms with Gasteiger partial charge in [0.25, 0.3) is 15.9 Å². The van der Waals surface area contributed by atoms with Crippen molar-refractivity contribution in [2.75, 3.05) is 33.3 Å². The lowest BCUT2D eigenvalue weighted by molar-refractivity contribution is 0.0629. The summed E-state index contributed by atoms with van der Waals surface area (Å²) in [6.07, 6.45) is 0. The highest BCUT2D eigenvalue weighted by molar-refractivity contribution is 9.11. The standard InChI is InChI=1S/C17H20BrN3O4S2/c1-25-19-27(23,24)15-5-2-13(3-6-15)17(22)21-10-8-20(9-11-21)12-14-4-7-16(18)26-14/h2-7,19H,8-12H2,1H3. The molecule has 27 heavy (non-hydrogen) atoms. The van der Waals surface area contributed by atoms with Crippen LogP contribution in [0.15, 0.2) is 45.1 Å². The molecule has 1 saturated heterocycles. The van der Waals surface area contributed by atoms with Crippen LogP contribution in [-0.2, 0) is 21.4 Å². The van der Waals surface area contributed by atoms with E-state index in [-0.39, 0.29) is 10.8 Å². The zero-order chi connectivity index (χ0) is 19.4. The third kappa shape index (κ3) is 5.15. The fraction of sp³-hybridized carbons (Fsp3) is 0.353. The van der Waals surface area contributed by atoms with Crippen molar-refractivity contribution in [1.82, 2.24) is 14.7 Å². The van der Waals surface area contributed by atoms with Gasteiger partial charge in [-0.1, -0.05) is 4.89 Å². The van der Waals surface area contributed by atoms with Crippen molar-refractivity contribution in [3.8, 4) is 0 Å². The van der Waals surface area contributed by atoms with Crippen molar-refractivity contribution >= 4 is 43.2 Å². The second kappa shape index (κ2) is 8.80. The third-order valence-electron chi connectivity index (χ3n) is 4.27. The second-order valence-electron chi connectivity index (χ2n) is 6.09. The summed E-state index contributed by atoms with van der Waals surface area (Å²) in [5.74, 6) is -0.0860. The van der Waals surface area contributed by atoms with E-state index in [1.165, 1.54) is 36.3 Å². The Bertz CT molecular complexity index is 891. The van der Waals surface area contributed by atoms with Crippen molar-refractivity contribution in [3.05, 3.63) is 50.6 Å². The monoisotopic (exact) mass is 473 g/mol. The maximum absolute atomic E-state index is 12.7. The lowest BCUT2D eigenvalue weighted by Crippen LogP contribution is -2.48. The van der Waals surface area contributed by atoms with Crippen molar-refractivity contribution in [3.63, 3.8) is 0 Å². The summed E-state index contributed by atoms with van der Waals surface area (Å²) in [6.45, 7) is 3.81. The molecule has 1 aromatic carbocycles. The van der Waals surface area contributed by atoms with Crippen molar-refractivity contribution < 1.29 is 18.0 Å². The Morgan fingerprint density at radius 1 is 1.15 bits per heavy atom. The van der Waals surface area contributed by atoms with Crippen LogP contribution in [-0.4, -0.2) is 57.4 Å². The molecule has 1 aliphatic rings. The molecule has 1 amide bonds. The maximum atomic E-state index is 12.7. The molecule has 10 heteroatoms. The number of halogens is 1. The van der Waals surface area contributed by atoms with Gasteiger partial charge < -0.3 is 4.90 Å². The number of carbonyl (C=O) groups excluding carboxylic acids is 1. The van der Waals surface area contributed by atoms with Crippen molar-refractivity contribution in [2.24, 2.45) is 0 Å². The predicted octanol–water partition coefficient (Wildman–Crippen LogP) is 2.31. The van der Waals surface area contributed by atoms with E-state index in [9.17, 15) is 13.2 Å². The van der Waals surface area contributed by atoms with E-state index in [1.807, 2.05) is 11.0 Å². The van der Waals surface area contributed by atoms with Gasteiger partial charge in [-0.25, -0.2) is 8.42 Å². The van der Waals surface area contributed by atoms with Gasteiger partial charge >= 0.3 is 0 Å². The molecule has 2 aromatic rings. The highest BCUT2D eigenvalue weighted by atomic mass is 79.9. The van der Waals surface area contributed by atoms with E-state index in [0.29, 0.717) is 18.7 Å². The lowest BCUT2D eigenvalue weighted by atomic mass is 10.2. The van der Waals surface area contributed by atoms with Crippen LogP contribution >= 0.6 is 27.3 Å². The summed E-state index contributed by atoms with van der Waals surface area (Å²) in [5.41, 5.74) is 0.474. The molecule has 0 saturated carbocycles. The molecule has 7 nitrogen and oxygen atoms in total. The predicted molar refractivity (Wildman–Crippen MR) is 107 cm³/mol. The lowest BCUT2D eigenvalue weighted by Gasteiger charge is -2.34. The smallest absolute Gasteiger partial charge is 0.262 e. The first-order valence-corrected chi connectivity index (χ1v) is 11.4. The van der Waals surface area contributed by atoms with Crippen LogP contribution in [0.4, 0.5) is 0 Å². The first-order valence-electron chi connectivity index (χ1n) is 8.30. The molecule has 3 rings (SSSR count). The number of nitrogens with zero attached hydrogens (tertiary/aromatic N) is 2. The Hall–Kier alpha value is -1.30. The van der Waals surface area contributed by atoms with E-state index in [0.717, 1.165) is 23.4 Å². The number of piperazine rings is 1. The van der Waals surface area contributed by atoms with Gasteiger partial charge in [-0.2, -0.15) is 0 Å². The van der Waals surface area contributed by atoms with Crippen LogP contribution in [0.2, 0.25) is 0 Å². The summed E-state index contributed by atoms with van der Waals surface area (Å²) in [7, 11) is -2.49. The molecule has 0 radical (unpaired) electrons. The number of benzene rings is 1. The number of hydrogen-bond acceptors (Lipinski definition) is 6. The Morgan fingerprint density at radius 3 is 2.37 bits per heavy atom. The molecule has 2 heterocycles. The Balaban J connectivity index is 1.57. The highest BCUT2D eigenvalue weighted by Crippen LogP contribution is 2.23. The van der Waals surface area contributed by atoms with Crippen LogP contribution in [0.1, 0.15) is 15.2 Å². The number of sulfonamides is 1. The van der Waals surface area contributed by atoms with Crippen molar-refractivity contribution in [2.45, 2.75) is 11.4 Å². The Labute approximate surface area is 171 Å². The molecule has 0 atom stereocenters. The van der Waals surface area contributed by atoms with E-state index < -0.39 is 10.0 Å². The number of rotatable bonds is 6. The average Bonchev–Trinajstić information content (AvgIpc) is 3.06. The minimum Gasteiger partial charge on any atom is -0.336 e. The van der Waals surface area contributed by atoms with Gasteiger partial charge in [0, 0.05) is 43.2 Å². The number of carbonyl (C=O) groups is 1. The second-order valence-corrected chi connectivity index (χ2v) is 10.3. The van der Waals surface area contributed by atoms with E-state index in [2.05, 4.69) is 31.7 Å². The first kappa shape index (κ1) is 20.4. The fourth-order valence-corrected chi connectivity index (χ4v) is 5.22. The van der Waals surface area contributed by atoms with Gasteiger partial charge in [0.15, 0.2) is 0 Å². The van der Waals surface area contributed by atoms with Gasteiger partial charge in [-0.15, -0.1) is 11.3 Å². The van der Waals surface area contributed by atoms with Crippen LogP contribution in [0, 0.1) is 0 Å². The van der Waals surface area contributed by atoms with Crippen LogP contribution in [0.3, 0.4) is 0 Å². The largest absolute Gasteiger partial charge is 0.336 e. The molecule has 0 spiro atoms. The summed E-state index contributed by atoms with van der Waals surface area (Å²) in [4.78, 5) is 24.6. The summed E-state index contributed by atoms with van der Waals surface area (Å²) >= 11 is 5.20. The summed E-state index contributed by atoms with van der Waals surface area (Å²) in [6, 6.07) is 10.0. The number of nitrogens with one attached hydrogen (secondary N) is 1. The minimum absolute atomic E-state index is 0.0489. The van der Waals surface area contributed by atoms with Gasteiger partial charge in [0.2, 0.25) is 0 Å². The summed E-state index contributed by atoms with van der Waals surface area (Å²) in [5, 5.41) is 0. The molecule has 1 N–H and O–H groups in total. The Kier molecular flexibility index (Phi) is 6.66. The van der Waals surface area contributed by atoms with Crippen LogP contribution in [0.5, 0.6) is 0 Å². The maximum Gasteiger partial charge on any atom is 0.262 e. The molecule has 146 valence electrons. The van der Waals surface area contributed by atoms with Crippen LogP contribution in [0.25, 0.3) is 0 Å². The Morgan fingerprint density at radius 2 is 1.81 bits per heavy atom. The molecule has 1 aliphatic heterocycles. The van der Waals surface area contributed by atoms with E-state index in [1.54, 1.807) is 16.2 Å². The van der Waals surface area contributed by atoms with E-state index in [4.69, 9.17) is 0 Å². The minimum atomic E-state index is -3.72. The van der Waals surface area contributed by atoms with Crippen molar-refractivity contribution in [1.29, 1.82) is 0 Å². The molecule has 0 bridgehead atoms. The third-order valence-corrected chi connectivity index (χ3v) is 7.16. The molecule has 0 unspecified atom stereocenters. The SMILES string of the molecule is CONS(=O)(=O)c1ccc(C(=O)N2CCN(Cc3ccc(Br)s3)CC2)cc1. The molecule has 1 fully saturated rings. The van der Waals surface area contributed by atoms with Gasteiger partial charge in [0.1, 0.15) is 0 Å². The molecule has 0 aliphatic carbocycles. The fourth-order valence-electron chi connectivity index (χ4n) is 2.88. The normalized spacial score (nSPS) is 15.9. The highest BCUT2D eigenvalue weighted by Gasteiger charge is 2.23. The average molecular weight is 474 g/mol. The van der Waals surface area contributed by atoms with Gasteiger partial charge in [-0.05, 0) is 52.3 Å². The summed E-state index contributed by atoms with van der Waals surface area (Å²) < 4.78 is 24.8. The van der Waals surface area contributed by atoms with Crippen LogP contribution < -0.4 is 4.89 Å². The quantitative estimate of drug-likeness (QED) is 0.651. The zero-order valence-corrected chi connectivity index (χ0v) is 17.9. The topological polar surface area (TPSA) is 78.9 Å².